The monoisotopic (exact) mass is 450 g/mol. The molecule has 4 rings (SSSR count). The number of sulfonamides is 1. The lowest BCUT2D eigenvalue weighted by Crippen LogP contribution is -2.45. The molecule has 2 aliphatic heterocycles. The Labute approximate surface area is 179 Å². The molecule has 0 unspecified atom stereocenters. The molecule has 1 saturated heterocycles. The molecular weight excluding hydrogens is 427 g/mol. The first-order chi connectivity index (χ1) is 14.9. The van der Waals surface area contributed by atoms with E-state index in [2.05, 4.69) is 5.32 Å². The normalized spacial score (nSPS) is 18.6. The molecule has 1 atom stereocenters. The van der Waals surface area contributed by atoms with Gasteiger partial charge in [0.2, 0.25) is 22.7 Å². The van der Waals surface area contributed by atoms with E-state index in [-0.39, 0.29) is 43.0 Å². The molecule has 2 aromatic rings. The molecule has 31 heavy (non-hydrogen) atoms. The molecule has 2 heterocycles. The fourth-order valence-corrected chi connectivity index (χ4v) is 5.44. The van der Waals surface area contributed by atoms with E-state index in [0.29, 0.717) is 24.3 Å². The molecule has 1 N–H and O–H groups in total. The molecule has 0 saturated carbocycles. The second kappa shape index (κ2) is 8.72. The number of hydrogen-bond donors (Lipinski definition) is 1. The van der Waals surface area contributed by atoms with E-state index >= 15 is 0 Å². The first-order valence-electron chi connectivity index (χ1n) is 9.88. The van der Waals surface area contributed by atoms with Gasteiger partial charge in [0.1, 0.15) is 16.5 Å². The predicted octanol–water partition coefficient (Wildman–Crippen LogP) is 2.28. The number of fused-ring (bicyclic) bond motifs is 1. The average Bonchev–Trinajstić information content (AvgIpc) is 3.25. The highest BCUT2D eigenvalue weighted by Gasteiger charge is 2.35. The first kappa shape index (κ1) is 21.4. The van der Waals surface area contributed by atoms with Crippen molar-refractivity contribution < 1.29 is 31.8 Å². The van der Waals surface area contributed by atoms with E-state index in [1.165, 1.54) is 17.5 Å². The molecule has 8 nitrogen and oxygen atoms in total. The van der Waals surface area contributed by atoms with Crippen molar-refractivity contribution in [3.05, 3.63) is 47.8 Å². The van der Waals surface area contributed by atoms with Crippen molar-refractivity contribution in [3.8, 4) is 17.2 Å². The molecule has 166 valence electrons. The number of benzene rings is 2. The maximum absolute atomic E-state index is 13.7. The highest BCUT2D eigenvalue weighted by molar-refractivity contribution is 7.89. The number of nitrogens with zero attached hydrogens (tertiary/aromatic N) is 1. The minimum atomic E-state index is -4.01. The van der Waals surface area contributed by atoms with Crippen molar-refractivity contribution in [1.29, 1.82) is 0 Å². The second-order valence-electron chi connectivity index (χ2n) is 7.40. The number of amides is 1. The lowest BCUT2D eigenvalue weighted by Gasteiger charge is -2.31. The largest absolute Gasteiger partial charge is 0.495 e. The number of rotatable bonds is 6. The van der Waals surface area contributed by atoms with Crippen molar-refractivity contribution in [2.24, 2.45) is 5.92 Å². The lowest BCUT2D eigenvalue weighted by atomic mass is 9.98. The van der Waals surface area contributed by atoms with E-state index in [1.54, 1.807) is 12.1 Å². The number of ether oxygens (including phenoxy) is 3. The highest BCUT2D eigenvalue weighted by Crippen LogP contribution is 2.33. The van der Waals surface area contributed by atoms with Crippen LogP contribution in [0.15, 0.2) is 41.3 Å². The van der Waals surface area contributed by atoms with Crippen LogP contribution in [0.3, 0.4) is 0 Å². The average molecular weight is 450 g/mol. The van der Waals surface area contributed by atoms with Crippen molar-refractivity contribution in [3.63, 3.8) is 0 Å². The Morgan fingerprint density at radius 3 is 2.84 bits per heavy atom. The van der Waals surface area contributed by atoms with Gasteiger partial charge >= 0.3 is 0 Å². The third-order valence-corrected chi connectivity index (χ3v) is 7.29. The molecule has 1 fully saturated rings. The Kier molecular flexibility index (Phi) is 6.01. The van der Waals surface area contributed by atoms with Crippen molar-refractivity contribution in [2.45, 2.75) is 24.3 Å². The van der Waals surface area contributed by atoms with Crippen LogP contribution in [0.1, 0.15) is 18.4 Å². The van der Waals surface area contributed by atoms with Gasteiger partial charge in [0.25, 0.3) is 0 Å². The SMILES string of the molecule is COc1ccc(F)cc1S(=O)(=O)N1CCC[C@H](C(=O)NCc2ccc3c(c2)OCO3)C1. The van der Waals surface area contributed by atoms with Gasteiger partial charge in [0.05, 0.1) is 13.0 Å². The minimum absolute atomic E-state index is 0.0228. The van der Waals surface area contributed by atoms with E-state index in [1.807, 2.05) is 6.07 Å². The van der Waals surface area contributed by atoms with Gasteiger partial charge in [0.15, 0.2) is 11.5 Å². The Balaban J connectivity index is 1.43. The zero-order valence-corrected chi connectivity index (χ0v) is 17.8. The van der Waals surface area contributed by atoms with Crippen molar-refractivity contribution >= 4 is 15.9 Å². The van der Waals surface area contributed by atoms with Gasteiger partial charge in [-0.05, 0) is 48.7 Å². The Morgan fingerprint density at radius 1 is 1.23 bits per heavy atom. The summed E-state index contributed by atoms with van der Waals surface area (Å²) in [4.78, 5) is 12.5. The van der Waals surface area contributed by atoms with Crippen LogP contribution in [0.2, 0.25) is 0 Å². The number of carbonyl (C=O) groups excluding carboxylic acids is 1. The molecule has 0 aliphatic carbocycles. The summed E-state index contributed by atoms with van der Waals surface area (Å²) >= 11 is 0. The van der Waals surface area contributed by atoms with Gasteiger partial charge in [-0.2, -0.15) is 4.31 Å². The standard InChI is InChI=1S/C21H23FN2O6S/c1-28-18-7-5-16(22)10-20(18)31(26,27)24-8-2-3-15(12-24)21(25)23-11-14-4-6-17-19(9-14)30-13-29-17/h4-7,9-10,15H,2-3,8,11-13H2,1H3,(H,23,25)/t15-/m0/s1. The van der Waals surface area contributed by atoms with E-state index in [9.17, 15) is 17.6 Å². The van der Waals surface area contributed by atoms with E-state index in [0.717, 1.165) is 17.7 Å². The maximum Gasteiger partial charge on any atom is 0.246 e. The smallest absolute Gasteiger partial charge is 0.246 e. The molecule has 10 heteroatoms. The van der Waals surface area contributed by atoms with Gasteiger partial charge in [-0.15, -0.1) is 0 Å². The second-order valence-corrected chi connectivity index (χ2v) is 9.31. The van der Waals surface area contributed by atoms with Crippen LogP contribution in [-0.2, 0) is 21.4 Å². The van der Waals surface area contributed by atoms with Gasteiger partial charge in [0, 0.05) is 19.6 Å². The van der Waals surface area contributed by atoms with Crippen LogP contribution in [0.4, 0.5) is 4.39 Å². The van der Waals surface area contributed by atoms with Gasteiger partial charge in [-0.25, -0.2) is 12.8 Å². The van der Waals surface area contributed by atoms with Crippen LogP contribution in [0.25, 0.3) is 0 Å². The minimum Gasteiger partial charge on any atom is -0.495 e. The summed E-state index contributed by atoms with van der Waals surface area (Å²) in [5.41, 5.74) is 0.849. The summed E-state index contributed by atoms with van der Waals surface area (Å²) in [5, 5.41) is 2.86. The zero-order valence-electron chi connectivity index (χ0n) is 17.0. The molecule has 0 radical (unpaired) electrons. The summed E-state index contributed by atoms with van der Waals surface area (Å²) in [6, 6.07) is 8.78. The van der Waals surface area contributed by atoms with Crippen LogP contribution in [-0.4, -0.2) is 45.6 Å². The molecule has 2 aromatic carbocycles. The number of hydrogen-bond acceptors (Lipinski definition) is 6. The van der Waals surface area contributed by atoms with Crippen LogP contribution < -0.4 is 19.5 Å². The Hall–Kier alpha value is -2.85. The Bertz CT molecular complexity index is 1090. The summed E-state index contributed by atoms with van der Waals surface area (Å²) < 4.78 is 56.8. The molecule has 0 aromatic heterocycles. The van der Waals surface area contributed by atoms with Gasteiger partial charge in [-0.3, -0.25) is 4.79 Å². The van der Waals surface area contributed by atoms with Crippen LogP contribution in [0, 0.1) is 11.7 Å². The summed E-state index contributed by atoms with van der Waals surface area (Å²) in [7, 11) is -2.68. The first-order valence-corrected chi connectivity index (χ1v) is 11.3. The van der Waals surface area contributed by atoms with Gasteiger partial charge < -0.3 is 19.5 Å². The fraction of sp³-hybridized carbons (Fsp3) is 0.381. The molecule has 2 aliphatic rings. The molecule has 1 amide bonds. The third-order valence-electron chi connectivity index (χ3n) is 5.40. The summed E-state index contributed by atoms with van der Waals surface area (Å²) in [6.45, 7) is 0.743. The molecule has 0 spiro atoms. The van der Waals surface area contributed by atoms with E-state index in [4.69, 9.17) is 14.2 Å². The number of halogens is 1. The van der Waals surface area contributed by atoms with Crippen molar-refractivity contribution in [2.75, 3.05) is 27.0 Å². The fourth-order valence-electron chi connectivity index (χ4n) is 3.75. The number of carbonyl (C=O) groups is 1. The lowest BCUT2D eigenvalue weighted by molar-refractivity contribution is -0.126. The van der Waals surface area contributed by atoms with Crippen molar-refractivity contribution in [1.82, 2.24) is 9.62 Å². The topological polar surface area (TPSA) is 94.2 Å². The molecule has 0 bridgehead atoms. The summed E-state index contributed by atoms with van der Waals surface area (Å²) in [6.07, 6.45) is 1.10. The predicted molar refractivity (Wildman–Crippen MR) is 109 cm³/mol. The summed E-state index contributed by atoms with van der Waals surface area (Å²) in [5.74, 6) is -0.0484. The van der Waals surface area contributed by atoms with Crippen LogP contribution >= 0.6 is 0 Å². The van der Waals surface area contributed by atoms with Gasteiger partial charge in [-0.1, -0.05) is 6.07 Å². The maximum atomic E-state index is 13.7. The zero-order chi connectivity index (χ0) is 22.0. The highest BCUT2D eigenvalue weighted by atomic mass is 32.2. The third kappa shape index (κ3) is 4.45. The number of nitrogens with one attached hydrogen (secondary N) is 1. The quantitative estimate of drug-likeness (QED) is 0.726. The number of piperidine rings is 1. The number of methoxy groups -OCH3 is 1. The molecular formula is C21H23FN2O6S. The van der Waals surface area contributed by atoms with E-state index < -0.39 is 21.8 Å². The van der Waals surface area contributed by atoms with Crippen LogP contribution in [0.5, 0.6) is 17.2 Å². The Morgan fingerprint density at radius 2 is 2.03 bits per heavy atom.